The highest BCUT2D eigenvalue weighted by molar-refractivity contribution is 7.80. The molecule has 0 aromatic heterocycles. The Bertz CT molecular complexity index is 599. The molecule has 0 saturated heterocycles. The smallest absolute Gasteiger partial charge is 0.251 e. The van der Waals surface area contributed by atoms with Crippen LogP contribution in [0.15, 0.2) is 53.4 Å². The quantitative estimate of drug-likeness (QED) is 0.807. The van der Waals surface area contributed by atoms with E-state index < -0.39 is 0 Å². The van der Waals surface area contributed by atoms with Crippen molar-refractivity contribution in [3.63, 3.8) is 0 Å². The molecule has 0 atom stereocenters. The van der Waals surface area contributed by atoms with Crippen molar-refractivity contribution < 1.29 is 4.79 Å². The second kappa shape index (κ2) is 5.10. The zero-order chi connectivity index (χ0) is 13.2. The SMILES string of the molecule is O=C(NC1Cc2ccccc2C1)c1cccc(S)c1. The first-order valence-corrected chi connectivity index (χ1v) is 6.84. The summed E-state index contributed by atoms with van der Waals surface area (Å²) in [5.41, 5.74) is 3.36. The van der Waals surface area contributed by atoms with Crippen molar-refractivity contribution in [2.75, 3.05) is 0 Å². The average molecular weight is 269 g/mol. The molecule has 2 aromatic carbocycles. The molecule has 0 spiro atoms. The lowest BCUT2D eigenvalue weighted by atomic mass is 10.1. The Morgan fingerprint density at radius 2 is 1.74 bits per heavy atom. The van der Waals surface area contributed by atoms with Gasteiger partial charge in [0.05, 0.1) is 0 Å². The Morgan fingerprint density at radius 1 is 1.05 bits per heavy atom. The maximum absolute atomic E-state index is 12.2. The molecule has 0 unspecified atom stereocenters. The van der Waals surface area contributed by atoms with Gasteiger partial charge in [-0.1, -0.05) is 30.3 Å². The third kappa shape index (κ3) is 2.66. The van der Waals surface area contributed by atoms with E-state index in [0.29, 0.717) is 5.56 Å². The van der Waals surface area contributed by atoms with Crippen LogP contribution in [-0.2, 0) is 12.8 Å². The Hall–Kier alpha value is -1.74. The van der Waals surface area contributed by atoms with E-state index in [-0.39, 0.29) is 11.9 Å². The summed E-state index contributed by atoms with van der Waals surface area (Å²) in [5, 5.41) is 3.10. The van der Waals surface area contributed by atoms with Crippen LogP contribution in [-0.4, -0.2) is 11.9 Å². The van der Waals surface area contributed by atoms with Crippen LogP contribution < -0.4 is 5.32 Å². The second-order valence-corrected chi connectivity index (χ2v) is 5.41. The molecule has 0 aliphatic heterocycles. The fourth-order valence-corrected chi connectivity index (χ4v) is 2.80. The molecule has 0 fully saturated rings. The van der Waals surface area contributed by atoms with E-state index in [1.807, 2.05) is 30.3 Å². The fourth-order valence-electron chi connectivity index (χ4n) is 2.58. The highest BCUT2D eigenvalue weighted by atomic mass is 32.1. The van der Waals surface area contributed by atoms with Gasteiger partial charge in [0, 0.05) is 16.5 Å². The van der Waals surface area contributed by atoms with E-state index in [1.54, 1.807) is 6.07 Å². The highest BCUT2D eigenvalue weighted by Crippen LogP contribution is 2.22. The zero-order valence-corrected chi connectivity index (χ0v) is 11.4. The highest BCUT2D eigenvalue weighted by Gasteiger charge is 2.22. The van der Waals surface area contributed by atoms with Gasteiger partial charge in [-0.15, -0.1) is 12.6 Å². The molecule has 1 aliphatic carbocycles. The summed E-state index contributed by atoms with van der Waals surface area (Å²) in [6.45, 7) is 0. The van der Waals surface area contributed by atoms with Crippen molar-refractivity contribution in [3.05, 3.63) is 65.2 Å². The molecule has 1 N–H and O–H groups in total. The molecule has 3 heteroatoms. The number of rotatable bonds is 2. The van der Waals surface area contributed by atoms with Crippen LogP contribution in [0.5, 0.6) is 0 Å². The molecular formula is C16H15NOS. The number of carbonyl (C=O) groups is 1. The Morgan fingerprint density at radius 3 is 2.37 bits per heavy atom. The monoisotopic (exact) mass is 269 g/mol. The molecule has 1 amide bonds. The van der Waals surface area contributed by atoms with E-state index in [2.05, 4.69) is 30.1 Å². The van der Waals surface area contributed by atoms with E-state index in [0.717, 1.165) is 17.7 Å². The predicted octanol–water partition coefficient (Wildman–Crippen LogP) is 2.87. The Kier molecular flexibility index (Phi) is 3.30. The van der Waals surface area contributed by atoms with Crippen molar-refractivity contribution in [2.45, 2.75) is 23.8 Å². The molecule has 2 nitrogen and oxygen atoms in total. The van der Waals surface area contributed by atoms with Gasteiger partial charge in [0.2, 0.25) is 0 Å². The first-order chi connectivity index (χ1) is 9.22. The molecule has 0 bridgehead atoms. The summed E-state index contributed by atoms with van der Waals surface area (Å²) in [7, 11) is 0. The standard InChI is InChI=1S/C16H15NOS/c18-16(13-6-3-7-15(19)10-13)17-14-8-11-4-1-2-5-12(11)9-14/h1-7,10,14,19H,8-9H2,(H,17,18). The van der Waals surface area contributed by atoms with Gasteiger partial charge in [0.1, 0.15) is 0 Å². The number of benzene rings is 2. The minimum atomic E-state index is -0.0197. The third-order valence-corrected chi connectivity index (χ3v) is 3.77. The molecule has 1 aliphatic rings. The second-order valence-electron chi connectivity index (χ2n) is 4.90. The number of hydrogen-bond donors (Lipinski definition) is 2. The number of fused-ring (bicyclic) bond motifs is 1. The van der Waals surface area contributed by atoms with Crippen LogP contribution in [0.3, 0.4) is 0 Å². The summed E-state index contributed by atoms with van der Waals surface area (Å²) in [4.78, 5) is 13.0. The summed E-state index contributed by atoms with van der Waals surface area (Å²) in [6.07, 6.45) is 1.84. The van der Waals surface area contributed by atoms with Crippen LogP contribution in [0.4, 0.5) is 0 Å². The molecule has 2 aromatic rings. The van der Waals surface area contributed by atoms with Gasteiger partial charge in [-0.3, -0.25) is 4.79 Å². The number of amides is 1. The largest absolute Gasteiger partial charge is 0.349 e. The number of carbonyl (C=O) groups excluding carboxylic acids is 1. The summed E-state index contributed by atoms with van der Waals surface area (Å²) >= 11 is 4.26. The van der Waals surface area contributed by atoms with E-state index >= 15 is 0 Å². The van der Waals surface area contributed by atoms with Gasteiger partial charge in [0.15, 0.2) is 0 Å². The van der Waals surface area contributed by atoms with Crippen molar-refractivity contribution in [1.29, 1.82) is 0 Å². The maximum atomic E-state index is 12.2. The molecular weight excluding hydrogens is 254 g/mol. The first-order valence-electron chi connectivity index (χ1n) is 6.39. The summed E-state index contributed by atoms with van der Waals surface area (Å²) < 4.78 is 0. The van der Waals surface area contributed by atoms with Gasteiger partial charge in [-0.2, -0.15) is 0 Å². The lowest BCUT2D eigenvalue weighted by Crippen LogP contribution is -2.35. The van der Waals surface area contributed by atoms with E-state index in [4.69, 9.17) is 0 Å². The van der Waals surface area contributed by atoms with Crippen LogP contribution in [0.25, 0.3) is 0 Å². The predicted molar refractivity (Wildman–Crippen MR) is 78.8 cm³/mol. The van der Waals surface area contributed by atoms with Crippen LogP contribution in [0, 0.1) is 0 Å². The normalized spacial score (nSPS) is 14.2. The minimum Gasteiger partial charge on any atom is -0.349 e. The first kappa shape index (κ1) is 12.3. The molecule has 19 heavy (non-hydrogen) atoms. The van der Waals surface area contributed by atoms with E-state index in [9.17, 15) is 4.79 Å². The average Bonchev–Trinajstić information content (AvgIpc) is 2.80. The van der Waals surface area contributed by atoms with Gasteiger partial charge in [-0.25, -0.2) is 0 Å². The van der Waals surface area contributed by atoms with Gasteiger partial charge in [0.25, 0.3) is 5.91 Å². The molecule has 0 saturated carbocycles. The lowest BCUT2D eigenvalue weighted by molar-refractivity contribution is 0.0938. The fraction of sp³-hybridized carbons (Fsp3) is 0.188. The minimum absolute atomic E-state index is 0.0197. The van der Waals surface area contributed by atoms with Crippen molar-refractivity contribution >= 4 is 18.5 Å². The molecule has 3 rings (SSSR count). The summed E-state index contributed by atoms with van der Waals surface area (Å²) in [6, 6.07) is 15.9. The van der Waals surface area contributed by atoms with E-state index in [1.165, 1.54) is 11.1 Å². The van der Waals surface area contributed by atoms with Crippen LogP contribution in [0.1, 0.15) is 21.5 Å². The van der Waals surface area contributed by atoms with Crippen LogP contribution >= 0.6 is 12.6 Å². The topological polar surface area (TPSA) is 29.1 Å². The Balaban J connectivity index is 1.69. The van der Waals surface area contributed by atoms with Crippen LogP contribution in [0.2, 0.25) is 0 Å². The maximum Gasteiger partial charge on any atom is 0.251 e. The third-order valence-electron chi connectivity index (χ3n) is 3.49. The lowest BCUT2D eigenvalue weighted by Gasteiger charge is -2.12. The molecule has 0 heterocycles. The van der Waals surface area contributed by atoms with Crippen molar-refractivity contribution in [3.8, 4) is 0 Å². The number of nitrogens with one attached hydrogen (secondary N) is 1. The summed E-state index contributed by atoms with van der Waals surface area (Å²) in [5.74, 6) is -0.0197. The van der Waals surface area contributed by atoms with Gasteiger partial charge < -0.3 is 5.32 Å². The number of thiol groups is 1. The molecule has 0 radical (unpaired) electrons. The Labute approximate surface area is 118 Å². The van der Waals surface area contributed by atoms with Crippen molar-refractivity contribution in [2.24, 2.45) is 0 Å². The molecule has 96 valence electrons. The number of hydrogen-bond acceptors (Lipinski definition) is 2. The van der Waals surface area contributed by atoms with Gasteiger partial charge >= 0.3 is 0 Å². The van der Waals surface area contributed by atoms with Gasteiger partial charge in [-0.05, 0) is 42.2 Å². The zero-order valence-electron chi connectivity index (χ0n) is 10.5. The van der Waals surface area contributed by atoms with Crippen molar-refractivity contribution in [1.82, 2.24) is 5.32 Å².